The van der Waals surface area contributed by atoms with Crippen LogP contribution in [0.25, 0.3) is 0 Å². The van der Waals surface area contributed by atoms with Crippen LogP contribution in [0, 0.1) is 11.8 Å². The first-order chi connectivity index (χ1) is 9.76. The molecular weight excluding hydrogens is 248 g/mol. The van der Waals surface area contributed by atoms with Gasteiger partial charge in [0.15, 0.2) is 0 Å². The van der Waals surface area contributed by atoms with Crippen LogP contribution < -0.4 is 16.0 Å². The van der Waals surface area contributed by atoms with E-state index in [9.17, 15) is 0 Å². The number of benzene rings is 1. The molecule has 0 radical (unpaired) electrons. The van der Waals surface area contributed by atoms with Crippen LogP contribution in [0.4, 0.5) is 0 Å². The number of hydrogen-bond donors (Lipinski definition) is 2. The summed E-state index contributed by atoms with van der Waals surface area (Å²) >= 11 is 0. The molecule has 1 unspecified atom stereocenters. The molecule has 1 aromatic carbocycles. The lowest BCUT2D eigenvalue weighted by molar-refractivity contribution is 0.217. The molecule has 0 saturated heterocycles. The quantitative estimate of drug-likeness (QED) is 0.619. The van der Waals surface area contributed by atoms with E-state index in [2.05, 4.69) is 30.5 Å². The second-order valence-electron chi connectivity index (χ2n) is 6.02. The molecule has 1 aromatic rings. The Morgan fingerprint density at radius 3 is 2.65 bits per heavy atom. The second kappa shape index (κ2) is 7.65. The third-order valence-electron chi connectivity index (χ3n) is 4.84. The molecule has 3 heteroatoms. The molecule has 0 aromatic heterocycles. The fourth-order valence-corrected chi connectivity index (χ4v) is 3.41. The summed E-state index contributed by atoms with van der Waals surface area (Å²) in [4.78, 5) is 0. The van der Waals surface area contributed by atoms with Gasteiger partial charge in [0, 0.05) is 6.04 Å². The van der Waals surface area contributed by atoms with Crippen molar-refractivity contribution in [3.05, 3.63) is 29.8 Å². The highest BCUT2D eigenvalue weighted by Gasteiger charge is 2.26. The van der Waals surface area contributed by atoms with Gasteiger partial charge in [0.25, 0.3) is 0 Å². The van der Waals surface area contributed by atoms with Crippen molar-refractivity contribution in [2.45, 2.75) is 51.5 Å². The van der Waals surface area contributed by atoms with Gasteiger partial charge in [-0.2, -0.15) is 0 Å². The van der Waals surface area contributed by atoms with E-state index < -0.39 is 0 Å². The van der Waals surface area contributed by atoms with Crippen LogP contribution in [0.1, 0.15) is 44.6 Å². The molecule has 112 valence electrons. The molecule has 1 saturated carbocycles. The zero-order chi connectivity index (χ0) is 14.4. The molecule has 3 nitrogen and oxygen atoms in total. The first-order valence-electron chi connectivity index (χ1n) is 7.85. The van der Waals surface area contributed by atoms with Crippen molar-refractivity contribution in [3.63, 3.8) is 0 Å². The third kappa shape index (κ3) is 3.97. The number of hydrogen-bond acceptors (Lipinski definition) is 3. The lowest BCUT2D eigenvalue weighted by Gasteiger charge is -2.33. The van der Waals surface area contributed by atoms with Crippen LogP contribution in [-0.4, -0.2) is 13.2 Å². The first-order valence-corrected chi connectivity index (χ1v) is 7.85. The fourth-order valence-electron chi connectivity index (χ4n) is 3.41. The monoisotopic (exact) mass is 276 g/mol. The average molecular weight is 276 g/mol. The van der Waals surface area contributed by atoms with E-state index in [4.69, 9.17) is 10.6 Å². The van der Waals surface area contributed by atoms with Gasteiger partial charge in [0.2, 0.25) is 0 Å². The van der Waals surface area contributed by atoms with Gasteiger partial charge in [-0.1, -0.05) is 38.3 Å². The maximum atomic E-state index is 5.81. The fraction of sp³-hybridized carbons (Fsp3) is 0.647. The minimum absolute atomic E-state index is 0.375. The van der Waals surface area contributed by atoms with E-state index in [1.807, 2.05) is 6.07 Å². The predicted octanol–water partition coefficient (Wildman–Crippen LogP) is 3.29. The van der Waals surface area contributed by atoms with E-state index >= 15 is 0 Å². The van der Waals surface area contributed by atoms with Crippen molar-refractivity contribution in [2.75, 3.05) is 7.11 Å². The van der Waals surface area contributed by atoms with E-state index in [1.165, 1.54) is 37.7 Å². The summed E-state index contributed by atoms with van der Waals surface area (Å²) in [5, 5.41) is 0. The molecule has 0 amide bonds. The Kier molecular flexibility index (Phi) is 5.86. The third-order valence-corrected chi connectivity index (χ3v) is 4.84. The maximum absolute atomic E-state index is 5.81. The lowest BCUT2D eigenvalue weighted by Crippen LogP contribution is -2.43. The normalized spacial score (nSPS) is 24.4. The highest BCUT2D eigenvalue weighted by atomic mass is 16.5. The largest absolute Gasteiger partial charge is 0.497 e. The Labute approximate surface area is 122 Å². The van der Waals surface area contributed by atoms with Crippen molar-refractivity contribution in [1.82, 2.24) is 5.43 Å². The zero-order valence-corrected chi connectivity index (χ0v) is 12.8. The van der Waals surface area contributed by atoms with Crippen molar-refractivity contribution in [2.24, 2.45) is 17.7 Å². The van der Waals surface area contributed by atoms with Crippen molar-refractivity contribution >= 4 is 0 Å². The smallest absolute Gasteiger partial charge is 0.119 e. The number of methoxy groups -OCH3 is 1. The highest BCUT2D eigenvalue weighted by molar-refractivity contribution is 5.29. The van der Waals surface area contributed by atoms with Gasteiger partial charge in [-0.25, -0.2) is 0 Å². The van der Waals surface area contributed by atoms with E-state index in [0.29, 0.717) is 12.0 Å². The number of ether oxygens (including phenoxy) is 1. The summed E-state index contributed by atoms with van der Waals surface area (Å²) in [6.45, 7) is 2.31. The van der Waals surface area contributed by atoms with Crippen LogP contribution in [0.3, 0.4) is 0 Å². The molecule has 20 heavy (non-hydrogen) atoms. The minimum Gasteiger partial charge on any atom is -0.497 e. The Morgan fingerprint density at radius 2 is 2.05 bits per heavy atom. The summed E-state index contributed by atoms with van der Waals surface area (Å²) in [6, 6.07) is 8.68. The highest BCUT2D eigenvalue weighted by Crippen LogP contribution is 2.33. The van der Waals surface area contributed by atoms with E-state index in [-0.39, 0.29) is 0 Å². The van der Waals surface area contributed by atoms with Gasteiger partial charge in [-0.15, -0.1) is 0 Å². The van der Waals surface area contributed by atoms with Crippen LogP contribution in [0.5, 0.6) is 5.75 Å². The van der Waals surface area contributed by atoms with Crippen molar-refractivity contribution in [1.29, 1.82) is 0 Å². The number of nitrogens with one attached hydrogen (secondary N) is 1. The Hall–Kier alpha value is -1.06. The van der Waals surface area contributed by atoms with E-state index in [0.717, 1.165) is 18.1 Å². The molecule has 0 heterocycles. The molecule has 1 aliphatic rings. The van der Waals surface area contributed by atoms with Crippen LogP contribution in [0.15, 0.2) is 24.3 Å². The average Bonchev–Trinajstić information content (AvgIpc) is 2.53. The number of hydrazine groups is 1. The predicted molar refractivity (Wildman–Crippen MR) is 83.5 cm³/mol. The molecule has 0 spiro atoms. The lowest BCUT2D eigenvalue weighted by atomic mass is 9.76. The van der Waals surface area contributed by atoms with Crippen LogP contribution in [-0.2, 0) is 6.42 Å². The minimum atomic E-state index is 0.375. The summed E-state index contributed by atoms with van der Waals surface area (Å²) in [7, 11) is 1.71. The molecular formula is C17H28N2O. The van der Waals surface area contributed by atoms with E-state index in [1.54, 1.807) is 7.11 Å². The standard InChI is InChI=1S/C17H28N2O/c1-3-13-7-9-15(10-8-13)17(19-18)12-14-5-4-6-16(11-14)20-2/h4-6,11,13,15,17,19H,3,7-10,12,18H2,1-2H3. The second-order valence-corrected chi connectivity index (χ2v) is 6.02. The summed E-state index contributed by atoms with van der Waals surface area (Å²) < 4.78 is 5.29. The maximum Gasteiger partial charge on any atom is 0.119 e. The van der Waals surface area contributed by atoms with Gasteiger partial charge < -0.3 is 4.74 Å². The molecule has 1 fully saturated rings. The first kappa shape index (κ1) is 15.3. The van der Waals surface area contributed by atoms with Gasteiger partial charge in [-0.05, 0) is 48.8 Å². The molecule has 0 aliphatic heterocycles. The molecule has 1 atom stereocenters. The van der Waals surface area contributed by atoms with Crippen molar-refractivity contribution in [3.8, 4) is 5.75 Å². The Morgan fingerprint density at radius 1 is 1.30 bits per heavy atom. The SMILES string of the molecule is CCC1CCC(C(Cc2cccc(OC)c2)NN)CC1. The zero-order valence-electron chi connectivity index (χ0n) is 12.8. The van der Waals surface area contributed by atoms with Gasteiger partial charge in [0.1, 0.15) is 5.75 Å². The summed E-state index contributed by atoms with van der Waals surface area (Å²) in [6.07, 6.45) is 7.63. The van der Waals surface area contributed by atoms with Gasteiger partial charge >= 0.3 is 0 Å². The Bertz CT molecular complexity index is 400. The number of nitrogens with two attached hydrogens (primary N) is 1. The molecule has 2 rings (SSSR count). The van der Waals surface area contributed by atoms with Crippen LogP contribution >= 0.6 is 0 Å². The molecule has 3 N–H and O–H groups in total. The molecule has 0 bridgehead atoms. The van der Waals surface area contributed by atoms with Gasteiger partial charge in [-0.3, -0.25) is 11.3 Å². The molecule has 1 aliphatic carbocycles. The summed E-state index contributed by atoms with van der Waals surface area (Å²) in [5.41, 5.74) is 4.35. The summed E-state index contributed by atoms with van der Waals surface area (Å²) in [5.74, 6) is 8.37. The van der Waals surface area contributed by atoms with Crippen molar-refractivity contribution < 1.29 is 4.74 Å². The van der Waals surface area contributed by atoms with Crippen LogP contribution in [0.2, 0.25) is 0 Å². The van der Waals surface area contributed by atoms with Gasteiger partial charge in [0.05, 0.1) is 7.11 Å². The Balaban J connectivity index is 1.94. The number of rotatable bonds is 6. The topological polar surface area (TPSA) is 47.3 Å².